The first-order valence-electron chi connectivity index (χ1n) is 11.4. The minimum atomic E-state index is -0.206. The van der Waals surface area contributed by atoms with Gasteiger partial charge in [0.1, 0.15) is 17.5 Å². The second-order valence-corrected chi connectivity index (χ2v) is 9.01. The highest BCUT2D eigenvalue weighted by molar-refractivity contribution is 5.76. The zero-order valence-electron chi connectivity index (χ0n) is 19.5. The molecule has 0 radical (unpaired) electrons. The van der Waals surface area contributed by atoms with Crippen LogP contribution in [0.2, 0.25) is 0 Å². The fraction of sp³-hybridized carbons (Fsp3) is 0.560. The van der Waals surface area contributed by atoms with Gasteiger partial charge in [0.15, 0.2) is 0 Å². The van der Waals surface area contributed by atoms with E-state index in [1.165, 1.54) is 6.07 Å². The van der Waals surface area contributed by atoms with Gasteiger partial charge >= 0.3 is 0 Å². The van der Waals surface area contributed by atoms with Gasteiger partial charge in [-0.2, -0.15) is 0 Å². The average molecular weight is 427 g/mol. The predicted molar refractivity (Wildman–Crippen MR) is 123 cm³/mol. The van der Waals surface area contributed by atoms with E-state index in [0.29, 0.717) is 37.4 Å². The standard InChI is InChI=1S/C25H35FN4O/c1-6-18(4)24-27-19(5)21(16-20-9-7-8-10-22(20)26)25(28-24)30-13-11-29(12-14-30)23(31)15-17(2)3/h7-10,17-18H,6,11-16H2,1-5H3. The molecule has 5 nitrogen and oxygen atoms in total. The van der Waals surface area contributed by atoms with Crippen molar-refractivity contribution in [2.24, 2.45) is 5.92 Å². The molecule has 1 aliphatic heterocycles. The summed E-state index contributed by atoms with van der Waals surface area (Å²) in [6.45, 7) is 13.2. The molecule has 1 fully saturated rings. The minimum Gasteiger partial charge on any atom is -0.353 e. The van der Waals surface area contributed by atoms with Crippen molar-refractivity contribution >= 4 is 11.7 Å². The first-order valence-corrected chi connectivity index (χ1v) is 11.4. The minimum absolute atomic E-state index is 0.206. The molecule has 1 amide bonds. The number of rotatable bonds is 7. The molecule has 2 heterocycles. The van der Waals surface area contributed by atoms with Gasteiger partial charge in [0.05, 0.1) is 0 Å². The lowest BCUT2D eigenvalue weighted by Gasteiger charge is -2.37. The topological polar surface area (TPSA) is 49.3 Å². The van der Waals surface area contributed by atoms with E-state index in [9.17, 15) is 9.18 Å². The number of benzene rings is 1. The molecule has 0 bridgehead atoms. The van der Waals surface area contributed by atoms with Gasteiger partial charge in [-0.05, 0) is 30.9 Å². The normalized spacial score (nSPS) is 15.5. The highest BCUT2D eigenvalue weighted by Gasteiger charge is 2.26. The number of piperazine rings is 1. The molecule has 1 unspecified atom stereocenters. The maximum absolute atomic E-state index is 14.4. The molecule has 1 saturated heterocycles. The zero-order valence-corrected chi connectivity index (χ0v) is 19.5. The van der Waals surface area contributed by atoms with Crippen LogP contribution in [0.5, 0.6) is 0 Å². The number of carbonyl (C=O) groups is 1. The molecule has 0 N–H and O–H groups in total. The summed E-state index contributed by atoms with van der Waals surface area (Å²) >= 11 is 0. The van der Waals surface area contributed by atoms with Crippen LogP contribution in [0.4, 0.5) is 10.2 Å². The van der Waals surface area contributed by atoms with E-state index in [4.69, 9.17) is 9.97 Å². The number of hydrogen-bond donors (Lipinski definition) is 0. The Hall–Kier alpha value is -2.50. The lowest BCUT2D eigenvalue weighted by Crippen LogP contribution is -2.49. The van der Waals surface area contributed by atoms with Crippen LogP contribution in [0.3, 0.4) is 0 Å². The molecule has 1 atom stereocenters. The molecular weight excluding hydrogens is 391 g/mol. The lowest BCUT2D eigenvalue weighted by atomic mass is 10.0. The van der Waals surface area contributed by atoms with E-state index in [2.05, 4.69) is 32.6 Å². The van der Waals surface area contributed by atoms with Crippen LogP contribution in [0, 0.1) is 18.7 Å². The smallest absolute Gasteiger partial charge is 0.222 e. The van der Waals surface area contributed by atoms with Crippen molar-refractivity contribution in [2.75, 3.05) is 31.1 Å². The fourth-order valence-electron chi connectivity index (χ4n) is 3.95. The van der Waals surface area contributed by atoms with Gasteiger partial charge < -0.3 is 9.80 Å². The SMILES string of the molecule is CCC(C)c1nc(C)c(Cc2ccccc2F)c(N2CCN(C(=O)CC(C)C)CC2)n1. The van der Waals surface area contributed by atoms with Gasteiger partial charge in [0.2, 0.25) is 5.91 Å². The Morgan fingerprint density at radius 3 is 2.39 bits per heavy atom. The highest BCUT2D eigenvalue weighted by Crippen LogP contribution is 2.28. The van der Waals surface area contributed by atoms with E-state index in [1.54, 1.807) is 6.07 Å². The van der Waals surface area contributed by atoms with Crippen molar-refractivity contribution in [3.63, 3.8) is 0 Å². The van der Waals surface area contributed by atoms with Gasteiger partial charge in [-0.15, -0.1) is 0 Å². The molecule has 1 aromatic carbocycles. The highest BCUT2D eigenvalue weighted by atomic mass is 19.1. The maximum atomic E-state index is 14.4. The van der Waals surface area contributed by atoms with Crippen molar-refractivity contribution in [3.8, 4) is 0 Å². The van der Waals surface area contributed by atoms with Gasteiger partial charge in [0, 0.05) is 56.2 Å². The van der Waals surface area contributed by atoms with Gasteiger partial charge in [-0.1, -0.05) is 45.9 Å². The summed E-state index contributed by atoms with van der Waals surface area (Å²) in [6.07, 6.45) is 2.01. The van der Waals surface area contributed by atoms with Gasteiger partial charge in [0.25, 0.3) is 0 Å². The van der Waals surface area contributed by atoms with Crippen LogP contribution in [-0.2, 0) is 11.2 Å². The van der Waals surface area contributed by atoms with Crippen LogP contribution in [-0.4, -0.2) is 47.0 Å². The van der Waals surface area contributed by atoms with Crippen molar-refractivity contribution in [3.05, 3.63) is 52.7 Å². The summed E-state index contributed by atoms with van der Waals surface area (Å²) in [5.74, 6) is 2.37. The first kappa shape index (κ1) is 23.2. The summed E-state index contributed by atoms with van der Waals surface area (Å²) in [5, 5.41) is 0. The van der Waals surface area contributed by atoms with Crippen molar-refractivity contribution < 1.29 is 9.18 Å². The molecule has 2 aromatic rings. The molecule has 1 aromatic heterocycles. The van der Waals surface area contributed by atoms with Crippen LogP contribution in [0.25, 0.3) is 0 Å². The second kappa shape index (κ2) is 10.2. The van der Waals surface area contributed by atoms with E-state index >= 15 is 0 Å². The zero-order chi connectivity index (χ0) is 22.5. The predicted octanol–water partition coefficient (Wildman–Crippen LogP) is 4.72. The summed E-state index contributed by atoms with van der Waals surface area (Å²) < 4.78 is 14.4. The Balaban J connectivity index is 1.89. The molecular formula is C25H35FN4O. The van der Waals surface area contributed by atoms with Crippen LogP contribution >= 0.6 is 0 Å². The third-order valence-electron chi connectivity index (χ3n) is 6.10. The number of aryl methyl sites for hydroxylation is 1. The number of nitrogens with zero attached hydrogens (tertiary/aromatic N) is 4. The Morgan fingerprint density at radius 1 is 1.10 bits per heavy atom. The lowest BCUT2D eigenvalue weighted by molar-refractivity contribution is -0.132. The van der Waals surface area contributed by atoms with E-state index in [1.807, 2.05) is 24.0 Å². The Bertz CT molecular complexity index is 906. The summed E-state index contributed by atoms with van der Waals surface area (Å²) in [5.41, 5.74) is 2.53. The van der Waals surface area contributed by atoms with Crippen molar-refractivity contribution in [1.82, 2.24) is 14.9 Å². The fourth-order valence-corrected chi connectivity index (χ4v) is 3.95. The number of hydrogen-bond acceptors (Lipinski definition) is 4. The van der Waals surface area contributed by atoms with Gasteiger partial charge in [-0.3, -0.25) is 4.79 Å². The number of amides is 1. The molecule has 3 rings (SSSR count). The third-order valence-corrected chi connectivity index (χ3v) is 6.10. The van der Waals surface area contributed by atoms with Crippen LogP contribution in [0.1, 0.15) is 69.1 Å². The number of anilines is 1. The summed E-state index contributed by atoms with van der Waals surface area (Å²) in [7, 11) is 0. The number of aromatic nitrogens is 2. The largest absolute Gasteiger partial charge is 0.353 e. The molecule has 168 valence electrons. The van der Waals surface area contributed by atoms with E-state index in [-0.39, 0.29) is 17.6 Å². The molecule has 31 heavy (non-hydrogen) atoms. The average Bonchev–Trinajstić information content (AvgIpc) is 2.75. The van der Waals surface area contributed by atoms with E-state index < -0.39 is 0 Å². The quantitative estimate of drug-likeness (QED) is 0.643. The van der Waals surface area contributed by atoms with Crippen molar-refractivity contribution in [1.29, 1.82) is 0 Å². The Labute approximate surface area is 185 Å². The van der Waals surface area contributed by atoms with Crippen LogP contribution < -0.4 is 4.90 Å². The third kappa shape index (κ3) is 5.60. The maximum Gasteiger partial charge on any atom is 0.222 e. The Morgan fingerprint density at radius 2 is 1.77 bits per heavy atom. The summed E-state index contributed by atoms with van der Waals surface area (Å²) in [4.78, 5) is 26.4. The summed E-state index contributed by atoms with van der Waals surface area (Å²) in [6, 6.07) is 6.89. The molecule has 6 heteroatoms. The van der Waals surface area contributed by atoms with Gasteiger partial charge in [-0.25, -0.2) is 14.4 Å². The van der Waals surface area contributed by atoms with Crippen molar-refractivity contribution in [2.45, 2.75) is 59.8 Å². The second-order valence-electron chi connectivity index (χ2n) is 9.01. The Kier molecular flexibility index (Phi) is 7.63. The monoisotopic (exact) mass is 426 g/mol. The first-order chi connectivity index (χ1) is 14.8. The molecule has 1 aliphatic rings. The molecule has 0 aliphatic carbocycles. The van der Waals surface area contributed by atoms with Crippen LogP contribution in [0.15, 0.2) is 24.3 Å². The number of halogens is 1. The number of carbonyl (C=O) groups excluding carboxylic acids is 1. The molecule has 0 saturated carbocycles. The molecule has 0 spiro atoms. The van der Waals surface area contributed by atoms with E-state index in [0.717, 1.165) is 42.4 Å².